The van der Waals surface area contributed by atoms with Gasteiger partial charge in [-0.25, -0.2) is 0 Å². The molecule has 0 saturated heterocycles. The van der Waals surface area contributed by atoms with E-state index in [0.717, 1.165) is 77.0 Å². The fourth-order valence-corrected chi connectivity index (χ4v) is 6.34. The minimum absolute atomic E-state index is 0.141. The molecule has 77 heavy (non-hydrogen) atoms. The number of aliphatic hydroxyl groups excluding tert-OH is 6. The fraction of sp³-hybridized carbons (Fsp3) is 0.897. The van der Waals surface area contributed by atoms with Gasteiger partial charge in [-0.1, -0.05) is 196 Å². The van der Waals surface area contributed by atoms with Gasteiger partial charge >= 0.3 is 35.8 Å². The molecule has 0 bridgehead atoms. The van der Waals surface area contributed by atoms with Gasteiger partial charge in [-0.2, -0.15) is 0 Å². The van der Waals surface area contributed by atoms with Crippen LogP contribution in [0, 0.1) is 10.8 Å². The van der Waals surface area contributed by atoms with Crippen LogP contribution in [0.2, 0.25) is 0 Å². The zero-order valence-electron chi connectivity index (χ0n) is 49.3. The molecule has 0 aliphatic heterocycles. The lowest BCUT2D eigenvalue weighted by Crippen LogP contribution is -2.43. The third-order valence-electron chi connectivity index (χ3n) is 11.8. The number of carboxylic acid groups (broad SMARTS) is 6. The molecule has 0 saturated carbocycles. The van der Waals surface area contributed by atoms with E-state index in [1.54, 1.807) is 0 Å². The molecule has 0 aliphatic carbocycles. The molecular formula is C58H118O19. The zero-order valence-corrected chi connectivity index (χ0v) is 49.3. The second kappa shape index (κ2) is 72.5. The molecule has 0 aromatic carbocycles. The first-order valence-corrected chi connectivity index (χ1v) is 29.2. The molecular weight excluding hydrogens is 1000 g/mol. The number of hydrogen-bond donors (Lipinski definition) is 12. The Morgan fingerprint density at radius 2 is 0.377 bits per heavy atom. The van der Waals surface area contributed by atoms with E-state index in [9.17, 15) is 28.8 Å². The maximum Gasteiger partial charge on any atom is 0.303 e. The topological polar surface area (TPSA) is 354 Å². The third kappa shape index (κ3) is 86.7. The van der Waals surface area contributed by atoms with Crippen molar-refractivity contribution in [3.05, 3.63) is 0 Å². The van der Waals surface area contributed by atoms with Crippen LogP contribution in [0.4, 0.5) is 0 Å². The first kappa shape index (κ1) is 87.4. The monoisotopic (exact) mass is 1120 g/mol. The van der Waals surface area contributed by atoms with Gasteiger partial charge in [0.15, 0.2) is 0 Å². The van der Waals surface area contributed by atoms with Gasteiger partial charge in [0.25, 0.3) is 0 Å². The van der Waals surface area contributed by atoms with E-state index < -0.39 is 86.3 Å². The molecule has 0 fully saturated rings. The molecule has 0 aliphatic rings. The van der Waals surface area contributed by atoms with Gasteiger partial charge in [0.1, 0.15) is 0 Å². The van der Waals surface area contributed by atoms with Crippen molar-refractivity contribution in [2.45, 2.75) is 273 Å². The summed E-state index contributed by atoms with van der Waals surface area (Å²) in [6.07, 6.45) is 35.3. The predicted octanol–water partition coefficient (Wildman–Crippen LogP) is 11.5. The summed E-state index contributed by atoms with van der Waals surface area (Å²) in [4.78, 5) is 60.2. The van der Waals surface area contributed by atoms with Crippen molar-refractivity contribution < 1.29 is 94.8 Å². The van der Waals surface area contributed by atoms with Crippen LogP contribution >= 0.6 is 0 Å². The van der Waals surface area contributed by atoms with E-state index in [-0.39, 0.29) is 13.2 Å². The minimum atomic E-state index is -1.16. The summed E-state index contributed by atoms with van der Waals surface area (Å²) in [6.45, 7) is 9.89. The van der Waals surface area contributed by atoms with Gasteiger partial charge in [-0.15, -0.1) is 0 Å². The second-order valence-electron chi connectivity index (χ2n) is 19.8. The summed E-state index contributed by atoms with van der Waals surface area (Å²) in [5, 5.41) is 104. The summed E-state index contributed by atoms with van der Waals surface area (Å²) >= 11 is 0. The summed E-state index contributed by atoms with van der Waals surface area (Å²) < 4.78 is 5.15. The SMILES string of the molecule is CCCCCCCC(=O)O.CCCCCCCC(=O)O.CCCCCCCC(=O)O.CCCCCCCC(=O)O.CCCCCCCC(=O)O.CCCCCCCC(=O)O.OCC(CO)(CO)COCC(CO)(CO)CO. The lowest BCUT2D eigenvalue weighted by molar-refractivity contribution is -0.138. The number of unbranched alkanes of at least 4 members (excludes halogenated alkanes) is 24. The quantitative estimate of drug-likeness (QED) is 0.0252. The molecule has 19 heteroatoms. The molecule has 12 N–H and O–H groups in total. The van der Waals surface area contributed by atoms with Crippen LogP contribution in [0.25, 0.3) is 0 Å². The smallest absolute Gasteiger partial charge is 0.303 e. The largest absolute Gasteiger partial charge is 0.481 e. The molecule has 0 unspecified atom stereocenters. The number of carboxylic acids is 6. The Hall–Kier alpha value is -3.46. The van der Waals surface area contributed by atoms with Gasteiger partial charge in [-0.05, 0) is 38.5 Å². The molecule has 19 nitrogen and oxygen atoms in total. The molecule has 0 radical (unpaired) electrons. The number of hydrogen-bond acceptors (Lipinski definition) is 13. The molecule has 0 aromatic heterocycles. The van der Waals surface area contributed by atoms with Crippen molar-refractivity contribution >= 4 is 35.8 Å². The summed E-state index contributed by atoms with van der Waals surface area (Å²) in [5.74, 6) is -4.02. The Labute approximate surface area is 465 Å². The van der Waals surface area contributed by atoms with Gasteiger partial charge in [0.05, 0.1) is 63.7 Å². The van der Waals surface area contributed by atoms with Crippen molar-refractivity contribution in [3.8, 4) is 0 Å². The van der Waals surface area contributed by atoms with Crippen LogP contribution in [0.5, 0.6) is 0 Å². The highest BCUT2D eigenvalue weighted by Crippen LogP contribution is 2.20. The Bertz CT molecular complexity index is 1020. The van der Waals surface area contributed by atoms with Crippen molar-refractivity contribution in [1.82, 2.24) is 0 Å². The van der Waals surface area contributed by atoms with E-state index in [1.165, 1.54) is 116 Å². The van der Waals surface area contributed by atoms with Gasteiger partial charge in [0, 0.05) is 38.5 Å². The van der Waals surface area contributed by atoms with Gasteiger partial charge < -0.3 is 66.0 Å². The highest BCUT2D eigenvalue weighted by molar-refractivity contribution is 5.68. The van der Waals surface area contributed by atoms with Crippen LogP contribution in [0.1, 0.15) is 273 Å². The van der Waals surface area contributed by atoms with Gasteiger partial charge in [0.2, 0.25) is 0 Å². The van der Waals surface area contributed by atoms with Crippen LogP contribution in [-0.2, 0) is 33.5 Å². The van der Waals surface area contributed by atoms with E-state index >= 15 is 0 Å². The van der Waals surface area contributed by atoms with Crippen molar-refractivity contribution in [3.63, 3.8) is 0 Å². The minimum Gasteiger partial charge on any atom is -0.481 e. The Kier molecular flexibility index (Phi) is 82.3. The molecule has 0 atom stereocenters. The van der Waals surface area contributed by atoms with Crippen molar-refractivity contribution in [2.24, 2.45) is 10.8 Å². The van der Waals surface area contributed by atoms with E-state index in [1.807, 2.05) is 0 Å². The number of aliphatic carboxylic acids is 6. The molecule has 464 valence electrons. The van der Waals surface area contributed by atoms with Gasteiger partial charge in [-0.3, -0.25) is 28.8 Å². The maximum atomic E-state index is 10.0. The Balaban J connectivity index is -0.000000150. The predicted molar refractivity (Wildman–Crippen MR) is 304 cm³/mol. The van der Waals surface area contributed by atoms with Crippen LogP contribution in [0.15, 0.2) is 0 Å². The number of ether oxygens (including phenoxy) is 1. The molecule has 0 rings (SSSR count). The van der Waals surface area contributed by atoms with E-state index in [0.29, 0.717) is 38.5 Å². The highest BCUT2D eigenvalue weighted by atomic mass is 16.5. The average molecular weight is 1120 g/mol. The van der Waals surface area contributed by atoms with Crippen LogP contribution in [-0.4, -0.2) is 150 Å². The molecule has 0 spiro atoms. The summed E-state index contributed by atoms with van der Waals surface area (Å²) in [5.41, 5.74) is -2.32. The Morgan fingerprint density at radius 1 is 0.247 bits per heavy atom. The standard InChI is InChI=1S/C10H22O7.6C8H16O2/c11-1-9(2-12,3-13)7-17-8-10(4-14,5-15)6-16;6*1-2-3-4-5-6-7-8(9)10/h11-16H,1-8H2;6*2-7H2,1H3,(H,9,10). The lowest BCUT2D eigenvalue weighted by Gasteiger charge is -2.31. The maximum absolute atomic E-state index is 10.0. The number of aliphatic hydroxyl groups is 6. The summed E-state index contributed by atoms with van der Waals surface area (Å²) in [6, 6.07) is 0. The van der Waals surface area contributed by atoms with Crippen molar-refractivity contribution in [2.75, 3.05) is 52.9 Å². The second-order valence-corrected chi connectivity index (χ2v) is 19.8. The molecule has 0 aromatic rings. The average Bonchev–Trinajstić information content (AvgIpc) is 3.39. The first-order valence-electron chi connectivity index (χ1n) is 29.2. The van der Waals surface area contributed by atoms with E-state index in [4.69, 9.17) is 66.0 Å². The fourth-order valence-electron chi connectivity index (χ4n) is 6.34. The normalized spacial score (nSPS) is 10.4. The van der Waals surface area contributed by atoms with Crippen LogP contribution in [0.3, 0.4) is 0 Å². The zero-order chi connectivity index (χ0) is 60.3. The highest BCUT2D eigenvalue weighted by Gasteiger charge is 2.33. The summed E-state index contributed by atoms with van der Waals surface area (Å²) in [7, 11) is 0. The number of carbonyl (C=O) groups is 6. The molecule has 0 heterocycles. The third-order valence-corrected chi connectivity index (χ3v) is 11.8. The first-order chi connectivity index (χ1) is 36.7. The molecule has 0 amide bonds. The van der Waals surface area contributed by atoms with E-state index in [2.05, 4.69) is 41.5 Å². The van der Waals surface area contributed by atoms with Crippen molar-refractivity contribution in [1.29, 1.82) is 0 Å². The Morgan fingerprint density at radius 3 is 0.481 bits per heavy atom. The lowest BCUT2D eigenvalue weighted by atomic mass is 9.91. The van der Waals surface area contributed by atoms with Crippen LogP contribution < -0.4 is 0 Å². The number of rotatable bonds is 46.